The summed E-state index contributed by atoms with van der Waals surface area (Å²) in [6.07, 6.45) is 8.10. The highest BCUT2D eigenvalue weighted by Crippen LogP contribution is 2.29. The van der Waals surface area contributed by atoms with E-state index in [1.807, 2.05) is 17.3 Å². The Morgan fingerprint density at radius 1 is 1.44 bits per heavy atom. The molecule has 1 saturated heterocycles. The zero-order chi connectivity index (χ0) is 17.8. The van der Waals surface area contributed by atoms with Crippen molar-refractivity contribution in [1.82, 2.24) is 14.5 Å². The molecule has 3 rings (SSSR count). The summed E-state index contributed by atoms with van der Waals surface area (Å²) in [6.45, 7) is 4.47. The number of unbranched alkanes of at least 4 members (excludes halogenated alkanes) is 1. The van der Waals surface area contributed by atoms with E-state index in [0.717, 1.165) is 38.1 Å². The fourth-order valence-corrected chi connectivity index (χ4v) is 3.59. The van der Waals surface area contributed by atoms with E-state index in [9.17, 15) is 9.90 Å². The van der Waals surface area contributed by atoms with E-state index in [2.05, 4.69) is 16.5 Å². The monoisotopic (exact) mass is 361 g/mol. The number of halogens is 1. The topological polar surface area (TPSA) is 58.4 Å². The predicted octanol–water partition coefficient (Wildman–Crippen LogP) is 4.06. The summed E-state index contributed by atoms with van der Waals surface area (Å²) >= 11 is 5.86. The van der Waals surface area contributed by atoms with Crippen LogP contribution in [0.15, 0.2) is 30.6 Å². The number of phenolic OH excluding ortho intramolecular Hbond substituents is 1. The minimum absolute atomic E-state index is 0.0657. The van der Waals surface area contributed by atoms with Gasteiger partial charge in [-0.25, -0.2) is 4.98 Å². The SMILES string of the molecule is CCCCn1ccnc1[C@H]1CCCN(C(=O)c2ccc(Cl)cc2O)C1. The number of amides is 1. The Morgan fingerprint density at radius 2 is 2.28 bits per heavy atom. The van der Waals surface area contributed by atoms with Crippen LogP contribution < -0.4 is 0 Å². The van der Waals surface area contributed by atoms with Gasteiger partial charge in [0.05, 0.1) is 5.56 Å². The molecule has 1 amide bonds. The van der Waals surface area contributed by atoms with E-state index in [1.165, 1.54) is 6.07 Å². The maximum atomic E-state index is 12.8. The highest BCUT2D eigenvalue weighted by molar-refractivity contribution is 6.30. The number of hydrogen-bond acceptors (Lipinski definition) is 3. The van der Waals surface area contributed by atoms with Crippen LogP contribution in [0.5, 0.6) is 5.75 Å². The summed E-state index contributed by atoms with van der Waals surface area (Å²) in [5, 5.41) is 10.5. The number of imidazole rings is 1. The number of likely N-dealkylation sites (tertiary alicyclic amines) is 1. The van der Waals surface area contributed by atoms with Crippen molar-refractivity contribution in [2.45, 2.75) is 45.1 Å². The largest absolute Gasteiger partial charge is 0.507 e. The van der Waals surface area contributed by atoms with Crippen LogP contribution in [0, 0.1) is 0 Å². The molecule has 1 aliphatic heterocycles. The van der Waals surface area contributed by atoms with Crippen molar-refractivity contribution in [3.05, 3.63) is 47.0 Å². The minimum atomic E-state index is -0.148. The quantitative estimate of drug-likeness (QED) is 0.873. The number of aromatic hydroxyl groups is 1. The molecule has 25 heavy (non-hydrogen) atoms. The number of nitrogens with zero attached hydrogens (tertiary/aromatic N) is 3. The second kappa shape index (κ2) is 7.91. The predicted molar refractivity (Wildman–Crippen MR) is 98.1 cm³/mol. The summed E-state index contributed by atoms with van der Waals surface area (Å²) in [4.78, 5) is 19.2. The van der Waals surface area contributed by atoms with Gasteiger partial charge in [0.15, 0.2) is 0 Å². The molecule has 0 saturated carbocycles. The first-order chi connectivity index (χ1) is 12.1. The standard InChI is InChI=1S/C19H24ClN3O2/c1-2-3-9-22-11-8-21-18(22)14-5-4-10-23(13-14)19(25)16-7-6-15(20)12-17(16)24/h6-8,11-12,14,24H,2-5,9-10,13H2,1H3/t14-/m0/s1. The van der Waals surface area contributed by atoms with E-state index in [1.54, 1.807) is 12.1 Å². The van der Waals surface area contributed by atoms with Crippen molar-refractivity contribution in [3.63, 3.8) is 0 Å². The average molecular weight is 362 g/mol. The molecule has 1 aliphatic rings. The van der Waals surface area contributed by atoms with E-state index in [4.69, 9.17) is 11.6 Å². The summed E-state index contributed by atoms with van der Waals surface area (Å²) in [6, 6.07) is 4.63. The van der Waals surface area contributed by atoms with Crippen LogP contribution in [-0.2, 0) is 6.54 Å². The highest BCUT2D eigenvalue weighted by atomic mass is 35.5. The highest BCUT2D eigenvalue weighted by Gasteiger charge is 2.29. The Balaban J connectivity index is 1.75. The molecule has 6 heteroatoms. The lowest BCUT2D eigenvalue weighted by Crippen LogP contribution is -2.39. The lowest BCUT2D eigenvalue weighted by Gasteiger charge is -2.33. The first-order valence-electron chi connectivity index (χ1n) is 8.89. The molecular formula is C19H24ClN3O2. The van der Waals surface area contributed by atoms with Crippen LogP contribution >= 0.6 is 11.6 Å². The van der Waals surface area contributed by atoms with Crippen LogP contribution in [0.25, 0.3) is 0 Å². The molecule has 1 fully saturated rings. The summed E-state index contributed by atoms with van der Waals surface area (Å²) in [5.74, 6) is 1.08. The molecule has 1 atom stereocenters. The van der Waals surface area contributed by atoms with Gasteiger partial charge in [0, 0.05) is 43.0 Å². The van der Waals surface area contributed by atoms with Crippen LogP contribution in [0.4, 0.5) is 0 Å². The Hall–Kier alpha value is -2.01. The van der Waals surface area contributed by atoms with Crippen molar-refractivity contribution in [3.8, 4) is 5.75 Å². The lowest BCUT2D eigenvalue weighted by molar-refractivity contribution is 0.0700. The first kappa shape index (κ1) is 17.8. The van der Waals surface area contributed by atoms with Crippen molar-refractivity contribution in [2.75, 3.05) is 13.1 Å². The number of benzene rings is 1. The molecule has 0 spiro atoms. The summed E-state index contributed by atoms with van der Waals surface area (Å²) in [7, 11) is 0. The van der Waals surface area contributed by atoms with Gasteiger partial charge in [-0.2, -0.15) is 0 Å². The van der Waals surface area contributed by atoms with Crippen LogP contribution in [-0.4, -0.2) is 38.6 Å². The third-order valence-corrected chi connectivity index (χ3v) is 5.00. The van der Waals surface area contributed by atoms with Crippen LogP contribution in [0.1, 0.15) is 54.7 Å². The molecule has 0 radical (unpaired) electrons. The number of rotatable bonds is 5. The molecule has 2 aromatic rings. The molecule has 1 N–H and O–H groups in total. The Labute approximate surface area is 153 Å². The fourth-order valence-electron chi connectivity index (χ4n) is 3.43. The van der Waals surface area contributed by atoms with Crippen molar-refractivity contribution in [2.24, 2.45) is 0 Å². The summed E-state index contributed by atoms with van der Waals surface area (Å²) in [5.41, 5.74) is 0.305. The number of carbonyl (C=O) groups is 1. The van der Waals surface area contributed by atoms with Gasteiger partial charge >= 0.3 is 0 Å². The maximum absolute atomic E-state index is 12.8. The summed E-state index contributed by atoms with van der Waals surface area (Å²) < 4.78 is 2.21. The number of aromatic nitrogens is 2. The van der Waals surface area contributed by atoms with E-state index in [0.29, 0.717) is 23.7 Å². The van der Waals surface area contributed by atoms with Crippen molar-refractivity contribution in [1.29, 1.82) is 0 Å². The van der Waals surface area contributed by atoms with E-state index < -0.39 is 0 Å². The number of aryl methyl sites for hydroxylation is 1. The van der Waals surface area contributed by atoms with Gasteiger partial charge < -0.3 is 14.6 Å². The maximum Gasteiger partial charge on any atom is 0.257 e. The average Bonchev–Trinajstić information content (AvgIpc) is 3.08. The van der Waals surface area contributed by atoms with Crippen LogP contribution in [0.2, 0.25) is 5.02 Å². The van der Waals surface area contributed by atoms with Gasteiger partial charge in [-0.15, -0.1) is 0 Å². The molecule has 1 aromatic carbocycles. The van der Waals surface area contributed by atoms with E-state index in [-0.39, 0.29) is 17.6 Å². The number of phenols is 1. The minimum Gasteiger partial charge on any atom is -0.507 e. The second-order valence-electron chi connectivity index (χ2n) is 6.58. The van der Waals surface area contributed by atoms with Crippen LogP contribution in [0.3, 0.4) is 0 Å². The number of carbonyl (C=O) groups excluding carboxylic acids is 1. The zero-order valence-corrected chi connectivity index (χ0v) is 15.2. The molecule has 1 aromatic heterocycles. The number of piperidine rings is 1. The van der Waals surface area contributed by atoms with Gasteiger partial charge in [0.1, 0.15) is 11.6 Å². The Morgan fingerprint density at radius 3 is 3.04 bits per heavy atom. The Bertz CT molecular complexity index is 744. The first-order valence-corrected chi connectivity index (χ1v) is 9.26. The van der Waals surface area contributed by atoms with E-state index >= 15 is 0 Å². The molecular weight excluding hydrogens is 338 g/mol. The van der Waals surface area contributed by atoms with Gasteiger partial charge in [-0.3, -0.25) is 4.79 Å². The van der Waals surface area contributed by atoms with Gasteiger partial charge in [-0.1, -0.05) is 24.9 Å². The molecule has 2 heterocycles. The van der Waals surface area contributed by atoms with Gasteiger partial charge in [0.25, 0.3) is 5.91 Å². The molecule has 134 valence electrons. The third-order valence-electron chi connectivity index (χ3n) is 4.76. The van der Waals surface area contributed by atoms with Gasteiger partial charge in [0.2, 0.25) is 0 Å². The van der Waals surface area contributed by atoms with Gasteiger partial charge in [-0.05, 0) is 37.5 Å². The molecule has 0 bridgehead atoms. The van der Waals surface area contributed by atoms with Crippen molar-refractivity contribution >= 4 is 17.5 Å². The Kier molecular flexibility index (Phi) is 5.63. The zero-order valence-electron chi connectivity index (χ0n) is 14.5. The number of hydrogen-bond donors (Lipinski definition) is 1. The molecule has 5 nitrogen and oxygen atoms in total. The third kappa shape index (κ3) is 3.98. The molecule has 0 aliphatic carbocycles. The second-order valence-corrected chi connectivity index (χ2v) is 7.02. The molecule has 0 unspecified atom stereocenters. The normalized spacial score (nSPS) is 17.7. The fraction of sp³-hybridized carbons (Fsp3) is 0.474. The lowest BCUT2D eigenvalue weighted by atomic mass is 9.96. The smallest absolute Gasteiger partial charge is 0.257 e. The van der Waals surface area contributed by atoms with Crippen molar-refractivity contribution < 1.29 is 9.90 Å².